The minimum atomic E-state index is -0.315. The van der Waals surface area contributed by atoms with Gasteiger partial charge in [-0.25, -0.2) is 4.79 Å². The maximum absolute atomic E-state index is 11.4. The Balaban J connectivity index is 1.81. The summed E-state index contributed by atoms with van der Waals surface area (Å²) in [7, 11) is 1.38. The summed E-state index contributed by atoms with van der Waals surface area (Å²) in [6, 6.07) is 22.0. The quantitative estimate of drug-likeness (QED) is 0.511. The Hall–Kier alpha value is -2.87. The lowest BCUT2D eigenvalue weighted by molar-refractivity contribution is 0.0601. The van der Waals surface area contributed by atoms with Crippen LogP contribution in [-0.2, 0) is 4.74 Å². The zero-order chi connectivity index (χ0) is 15.4. The molecule has 0 atom stereocenters. The molecule has 2 nitrogen and oxygen atoms in total. The lowest BCUT2D eigenvalue weighted by Gasteiger charge is -2.01. The largest absolute Gasteiger partial charge is 0.465 e. The van der Waals surface area contributed by atoms with E-state index in [2.05, 4.69) is 41.1 Å². The molecule has 0 bridgehead atoms. The third-order valence-corrected chi connectivity index (χ3v) is 3.57. The van der Waals surface area contributed by atoms with Crippen molar-refractivity contribution < 1.29 is 9.53 Å². The number of hydrogen-bond donors (Lipinski definition) is 0. The SMILES string of the molecule is COC(=O)c1ccc(C=Cc2ccc3ccccc3c2)cc1. The second kappa shape index (κ2) is 6.27. The van der Waals surface area contributed by atoms with E-state index in [1.165, 1.54) is 17.9 Å². The van der Waals surface area contributed by atoms with Crippen molar-refractivity contribution in [3.05, 3.63) is 83.4 Å². The molecule has 2 heteroatoms. The van der Waals surface area contributed by atoms with Gasteiger partial charge >= 0.3 is 5.97 Å². The first kappa shape index (κ1) is 14.1. The predicted octanol–water partition coefficient (Wildman–Crippen LogP) is 4.80. The van der Waals surface area contributed by atoms with Crippen molar-refractivity contribution in [3.8, 4) is 0 Å². The van der Waals surface area contributed by atoms with Crippen molar-refractivity contribution in [1.82, 2.24) is 0 Å². The van der Waals surface area contributed by atoms with E-state index in [0.717, 1.165) is 11.1 Å². The van der Waals surface area contributed by atoms with Crippen LogP contribution < -0.4 is 0 Å². The summed E-state index contributed by atoms with van der Waals surface area (Å²) in [5.41, 5.74) is 2.75. The average Bonchev–Trinajstić information content (AvgIpc) is 2.59. The number of benzene rings is 3. The molecule has 0 fully saturated rings. The van der Waals surface area contributed by atoms with E-state index < -0.39 is 0 Å². The molecule has 0 heterocycles. The number of carbonyl (C=O) groups is 1. The van der Waals surface area contributed by atoms with Crippen LogP contribution in [-0.4, -0.2) is 13.1 Å². The first-order valence-electron chi connectivity index (χ1n) is 7.11. The molecule has 0 aliphatic rings. The Kier molecular flexibility index (Phi) is 4.01. The first-order chi connectivity index (χ1) is 10.8. The van der Waals surface area contributed by atoms with Gasteiger partial charge in [0.15, 0.2) is 0 Å². The maximum Gasteiger partial charge on any atom is 0.337 e. The molecule has 3 aromatic carbocycles. The zero-order valence-corrected chi connectivity index (χ0v) is 12.3. The molecule has 0 radical (unpaired) electrons. The van der Waals surface area contributed by atoms with Gasteiger partial charge in [0, 0.05) is 0 Å². The van der Waals surface area contributed by atoms with Crippen molar-refractivity contribution in [2.75, 3.05) is 7.11 Å². The fourth-order valence-electron chi connectivity index (χ4n) is 2.35. The summed E-state index contributed by atoms with van der Waals surface area (Å²) in [5, 5.41) is 2.47. The average molecular weight is 288 g/mol. The van der Waals surface area contributed by atoms with Crippen LogP contribution in [0.5, 0.6) is 0 Å². The van der Waals surface area contributed by atoms with E-state index in [4.69, 9.17) is 0 Å². The summed E-state index contributed by atoms with van der Waals surface area (Å²) < 4.78 is 4.69. The molecule has 0 N–H and O–H groups in total. The van der Waals surface area contributed by atoms with Gasteiger partial charge in [-0.1, -0.05) is 60.7 Å². The predicted molar refractivity (Wildman–Crippen MR) is 90.7 cm³/mol. The van der Waals surface area contributed by atoms with E-state index >= 15 is 0 Å². The first-order valence-corrected chi connectivity index (χ1v) is 7.11. The second-order valence-electron chi connectivity index (χ2n) is 5.05. The fraction of sp³-hybridized carbons (Fsp3) is 0.0500. The Morgan fingerprint density at radius 3 is 2.18 bits per heavy atom. The minimum Gasteiger partial charge on any atom is -0.465 e. The molecule has 0 aliphatic carbocycles. The van der Waals surface area contributed by atoms with Crippen molar-refractivity contribution >= 4 is 28.9 Å². The van der Waals surface area contributed by atoms with Gasteiger partial charge in [0.25, 0.3) is 0 Å². The molecule has 0 aliphatic heterocycles. The molecule has 0 unspecified atom stereocenters. The van der Waals surface area contributed by atoms with Crippen LogP contribution in [0.3, 0.4) is 0 Å². The highest BCUT2D eigenvalue weighted by molar-refractivity contribution is 5.90. The van der Waals surface area contributed by atoms with Gasteiger partial charge in [0.1, 0.15) is 0 Å². The number of methoxy groups -OCH3 is 1. The van der Waals surface area contributed by atoms with Crippen LogP contribution >= 0.6 is 0 Å². The number of carbonyl (C=O) groups excluding carboxylic acids is 1. The number of hydrogen-bond acceptors (Lipinski definition) is 2. The van der Waals surface area contributed by atoms with Gasteiger partial charge in [-0.05, 0) is 40.1 Å². The molecular formula is C20H16O2. The molecule has 3 aromatic rings. The maximum atomic E-state index is 11.4. The zero-order valence-electron chi connectivity index (χ0n) is 12.3. The number of fused-ring (bicyclic) bond motifs is 1. The monoisotopic (exact) mass is 288 g/mol. The third kappa shape index (κ3) is 3.07. The van der Waals surface area contributed by atoms with Gasteiger partial charge < -0.3 is 4.74 Å². The summed E-state index contributed by atoms with van der Waals surface area (Å²) in [6.07, 6.45) is 4.10. The highest BCUT2D eigenvalue weighted by atomic mass is 16.5. The van der Waals surface area contributed by atoms with Crippen molar-refractivity contribution in [3.63, 3.8) is 0 Å². The molecule has 0 saturated carbocycles. The molecule has 108 valence electrons. The standard InChI is InChI=1S/C20H16O2/c1-22-20(21)18-12-8-15(9-13-18)6-7-16-10-11-17-4-2-3-5-19(17)14-16/h2-14H,1H3. The Bertz CT molecular complexity index is 830. The van der Waals surface area contributed by atoms with E-state index in [1.807, 2.05) is 30.3 Å². The Morgan fingerprint density at radius 1 is 0.818 bits per heavy atom. The Labute approximate surface area is 129 Å². The van der Waals surface area contributed by atoms with Gasteiger partial charge in [0.05, 0.1) is 12.7 Å². The lowest BCUT2D eigenvalue weighted by Crippen LogP contribution is -2.00. The van der Waals surface area contributed by atoms with Gasteiger partial charge in [-0.2, -0.15) is 0 Å². The van der Waals surface area contributed by atoms with E-state index in [1.54, 1.807) is 12.1 Å². The van der Waals surface area contributed by atoms with Crippen molar-refractivity contribution in [2.24, 2.45) is 0 Å². The van der Waals surface area contributed by atoms with Crippen LogP contribution in [0.1, 0.15) is 21.5 Å². The normalized spacial score (nSPS) is 11.0. The summed E-state index contributed by atoms with van der Waals surface area (Å²) in [4.78, 5) is 11.4. The van der Waals surface area contributed by atoms with E-state index in [0.29, 0.717) is 5.56 Å². The van der Waals surface area contributed by atoms with Crippen molar-refractivity contribution in [1.29, 1.82) is 0 Å². The smallest absolute Gasteiger partial charge is 0.337 e. The van der Waals surface area contributed by atoms with Crippen LogP contribution in [0.15, 0.2) is 66.7 Å². The lowest BCUT2D eigenvalue weighted by atomic mass is 10.1. The number of esters is 1. The van der Waals surface area contributed by atoms with Crippen LogP contribution in [0.4, 0.5) is 0 Å². The molecule has 0 amide bonds. The van der Waals surface area contributed by atoms with Crippen LogP contribution in [0, 0.1) is 0 Å². The molecule has 22 heavy (non-hydrogen) atoms. The number of ether oxygens (including phenoxy) is 1. The van der Waals surface area contributed by atoms with E-state index in [9.17, 15) is 4.79 Å². The van der Waals surface area contributed by atoms with E-state index in [-0.39, 0.29) is 5.97 Å². The fourth-order valence-corrected chi connectivity index (χ4v) is 2.35. The number of rotatable bonds is 3. The molecule has 0 aromatic heterocycles. The molecule has 0 spiro atoms. The topological polar surface area (TPSA) is 26.3 Å². The van der Waals surface area contributed by atoms with Crippen LogP contribution in [0.2, 0.25) is 0 Å². The second-order valence-corrected chi connectivity index (χ2v) is 5.05. The summed E-state index contributed by atoms with van der Waals surface area (Å²) in [6.45, 7) is 0. The molecular weight excluding hydrogens is 272 g/mol. The van der Waals surface area contributed by atoms with Gasteiger partial charge in [0.2, 0.25) is 0 Å². The third-order valence-electron chi connectivity index (χ3n) is 3.57. The van der Waals surface area contributed by atoms with Crippen molar-refractivity contribution in [2.45, 2.75) is 0 Å². The molecule has 0 saturated heterocycles. The minimum absolute atomic E-state index is 0.315. The van der Waals surface area contributed by atoms with Gasteiger partial charge in [-0.15, -0.1) is 0 Å². The molecule has 3 rings (SSSR count). The highest BCUT2D eigenvalue weighted by Crippen LogP contribution is 2.17. The Morgan fingerprint density at radius 2 is 1.45 bits per heavy atom. The van der Waals surface area contributed by atoms with Crippen LogP contribution in [0.25, 0.3) is 22.9 Å². The summed E-state index contributed by atoms with van der Waals surface area (Å²) >= 11 is 0. The summed E-state index contributed by atoms with van der Waals surface area (Å²) in [5.74, 6) is -0.315. The highest BCUT2D eigenvalue weighted by Gasteiger charge is 2.03. The van der Waals surface area contributed by atoms with Gasteiger partial charge in [-0.3, -0.25) is 0 Å².